The van der Waals surface area contributed by atoms with Crippen LogP contribution in [0.25, 0.3) is 5.69 Å². The number of benzene rings is 1. The van der Waals surface area contributed by atoms with Crippen LogP contribution in [-0.4, -0.2) is 15.6 Å². The summed E-state index contributed by atoms with van der Waals surface area (Å²) in [5, 5.41) is 4.06. The molecule has 5 nitrogen and oxygen atoms in total. The highest BCUT2D eigenvalue weighted by Gasteiger charge is 2.17. The number of carbonyl (C=O) groups is 1. The fraction of sp³-hybridized carbons (Fsp3) is 0.0909. The number of nitrogens with zero attached hydrogens (tertiary/aromatic N) is 2. The second-order valence-corrected chi connectivity index (χ2v) is 4.51. The number of ketones is 1. The number of rotatable bonds is 2. The quantitative estimate of drug-likeness (QED) is 0.830. The number of hydrogen-bond acceptors (Lipinski definition) is 4. The van der Waals surface area contributed by atoms with Gasteiger partial charge in [0, 0.05) is 4.47 Å². The molecule has 0 radical (unpaired) electrons. The molecular formula is C11H11BrN4O. The molecule has 6 heteroatoms. The van der Waals surface area contributed by atoms with Crippen molar-refractivity contribution in [2.24, 2.45) is 0 Å². The first-order chi connectivity index (χ1) is 8.00. The van der Waals surface area contributed by atoms with Gasteiger partial charge < -0.3 is 11.5 Å². The average Bonchev–Trinajstić information content (AvgIpc) is 2.55. The van der Waals surface area contributed by atoms with Crippen LogP contribution >= 0.6 is 15.9 Å². The van der Waals surface area contributed by atoms with Gasteiger partial charge >= 0.3 is 0 Å². The molecule has 2 aromatic rings. The van der Waals surface area contributed by atoms with Gasteiger partial charge in [-0.3, -0.25) is 4.79 Å². The summed E-state index contributed by atoms with van der Waals surface area (Å²) >= 11 is 3.34. The van der Waals surface area contributed by atoms with Crippen LogP contribution in [0, 0.1) is 0 Å². The highest BCUT2D eigenvalue weighted by atomic mass is 79.9. The number of nitrogen functional groups attached to an aromatic ring is 2. The summed E-state index contributed by atoms with van der Waals surface area (Å²) in [6.45, 7) is 1.41. The number of Topliss-reactive ketones (excluding diaryl/α,β-unsaturated/α-hetero) is 1. The van der Waals surface area contributed by atoms with Crippen molar-refractivity contribution in [2.75, 3.05) is 11.5 Å². The maximum atomic E-state index is 11.4. The molecule has 0 spiro atoms. The standard InChI is InChI=1S/C11H11BrN4O/c1-6(17)9-10(13)15-16(11(9)14)8-4-2-7(12)3-5-8/h2-5H,14H2,1H3,(H2,13,15). The molecule has 0 atom stereocenters. The lowest BCUT2D eigenvalue weighted by atomic mass is 10.2. The molecule has 2 rings (SSSR count). The smallest absolute Gasteiger partial charge is 0.167 e. The Balaban J connectivity index is 2.57. The minimum Gasteiger partial charge on any atom is -0.383 e. The Labute approximate surface area is 107 Å². The van der Waals surface area contributed by atoms with Gasteiger partial charge in [0.1, 0.15) is 11.4 Å². The number of hydrogen-bond donors (Lipinski definition) is 2. The van der Waals surface area contributed by atoms with Gasteiger partial charge in [-0.05, 0) is 31.2 Å². The number of carbonyl (C=O) groups excluding carboxylic acids is 1. The van der Waals surface area contributed by atoms with Crippen LogP contribution in [0.2, 0.25) is 0 Å². The van der Waals surface area contributed by atoms with E-state index in [1.54, 1.807) is 0 Å². The molecule has 0 saturated heterocycles. The van der Waals surface area contributed by atoms with Crippen LogP contribution in [0.5, 0.6) is 0 Å². The molecule has 0 aliphatic heterocycles. The molecule has 0 unspecified atom stereocenters. The van der Waals surface area contributed by atoms with Gasteiger partial charge in [-0.15, -0.1) is 5.10 Å². The summed E-state index contributed by atoms with van der Waals surface area (Å²) in [5.74, 6) is 0.221. The molecule has 0 aliphatic rings. The summed E-state index contributed by atoms with van der Waals surface area (Å²) in [4.78, 5) is 11.4. The van der Waals surface area contributed by atoms with Crippen LogP contribution < -0.4 is 11.5 Å². The van der Waals surface area contributed by atoms with Crippen LogP contribution in [0.3, 0.4) is 0 Å². The van der Waals surface area contributed by atoms with Crippen molar-refractivity contribution in [2.45, 2.75) is 6.92 Å². The van der Waals surface area contributed by atoms with Gasteiger partial charge in [-0.2, -0.15) is 0 Å². The highest BCUT2D eigenvalue weighted by molar-refractivity contribution is 9.10. The number of nitrogens with two attached hydrogens (primary N) is 2. The zero-order valence-electron chi connectivity index (χ0n) is 9.14. The van der Waals surface area contributed by atoms with Crippen molar-refractivity contribution in [3.8, 4) is 5.69 Å². The summed E-state index contributed by atoms with van der Waals surface area (Å²) in [5.41, 5.74) is 12.6. The average molecular weight is 295 g/mol. The topological polar surface area (TPSA) is 86.9 Å². The number of aromatic nitrogens is 2. The molecule has 0 fully saturated rings. The van der Waals surface area contributed by atoms with Crippen molar-refractivity contribution in [3.63, 3.8) is 0 Å². The van der Waals surface area contributed by atoms with E-state index in [2.05, 4.69) is 21.0 Å². The largest absolute Gasteiger partial charge is 0.383 e. The summed E-state index contributed by atoms with van der Waals surface area (Å²) in [6.07, 6.45) is 0. The van der Waals surface area contributed by atoms with Crippen LogP contribution in [0.1, 0.15) is 17.3 Å². The Morgan fingerprint density at radius 2 is 1.88 bits per heavy atom. The molecule has 1 aromatic carbocycles. The second-order valence-electron chi connectivity index (χ2n) is 3.59. The minimum atomic E-state index is -0.191. The molecule has 0 saturated carbocycles. The predicted octanol–water partition coefficient (Wildman–Crippen LogP) is 2.00. The lowest BCUT2D eigenvalue weighted by molar-refractivity contribution is 0.101. The molecule has 88 valence electrons. The molecule has 4 N–H and O–H groups in total. The molecule has 0 aliphatic carbocycles. The number of anilines is 2. The maximum absolute atomic E-state index is 11.4. The van der Waals surface area contributed by atoms with Gasteiger partial charge in [0.05, 0.1) is 5.69 Å². The van der Waals surface area contributed by atoms with E-state index < -0.39 is 0 Å². The fourth-order valence-corrected chi connectivity index (χ4v) is 1.85. The van der Waals surface area contributed by atoms with Crippen LogP contribution in [0.15, 0.2) is 28.7 Å². The van der Waals surface area contributed by atoms with Gasteiger partial charge in [0.25, 0.3) is 0 Å². The normalized spacial score (nSPS) is 10.5. The third-order valence-electron chi connectivity index (χ3n) is 2.37. The Morgan fingerprint density at radius 3 is 2.35 bits per heavy atom. The predicted molar refractivity (Wildman–Crippen MR) is 70.1 cm³/mol. The van der Waals surface area contributed by atoms with Crippen molar-refractivity contribution in [1.29, 1.82) is 0 Å². The van der Waals surface area contributed by atoms with Crippen molar-refractivity contribution in [1.82, 2.24) is 9.78 Å². The Hall–Kier alpha value is -1.82. The van der Waals surface area contributed by atoms with Crippen LogP contribution in [-0.2, 0) is 0 Å². The third-order valence-corrected chi connectivity index (χ3v) is 2.90. The van der Waals surface area contributed by atoms with Crippen molar-refractivity contribution < 1.29 is 4.79 Å². The van der Waals surface area contributed by atoms with Gasteiger partial charge in [-0.1, -0.05) is 15.9 Å². The highest BCUT2D eigenvalue weighted by Crippen LogP contribution is 2.24. The van der Waals surface area contributed by atoms with E-state index in [-0.39, 0.29) is 23.0 Å². The van der Waals surface area contributed by atoms with E-state index in [0.717, 1.165) is 10.2 Å². The van der Waals surface area contributed by atoms with E-state index >= 15 is 0 Å². The van der Waals surface area contributed by atoms with Gasteiger partial charge in [0.2, 0.25) is 0 Å². The van der Waals surface area contributed by atoms with Crippen molar-refractivity contribution >= 4 is 33.3 Å². The molecule has 17 heavy (non-hydrogen) atoms. The zero-order chi connectivity index (χ0) is 12.6. The number of halogens is 1. The Morgan fingerprint density at radius 1 is 1.29 bits per heavy atom. The van der Waals surface area contributed by atoms with Crippen molar-refractivity contribution in [3.05, 3.63) is 34.3 Å². The molecule has 0 bridgehead atoms. The van der Waals surface area contributed by atoms with Crippen LogP contribution in [0.4, 0.5) is 11.6 Å². The van der Waals surface area contributed by atoms with Gasteiger partial charge in [-0.25, -0.2) is 4.68 Å². The Bertz CT molecular complexity index is 574. The van der Waals surface area contributed by atoms with E-state index in [4.69, 9.17) is 11.5 Å². The monoisotopic (exact) mass is 294 g/mol. The fourth-order valence-electron chi connectivity index (χ4n) is 1.59. The zero-order valence-corrected chi connectivity index (χ0v) is 10.7. The van der Waals surface area contributed by atoms with E-state index in [1.807, 2.05) is 24.3 Å². The lowest BCUT2D eigenvalue weighted by Gasteiger charge is -2.03. The maximum Gasteiger partial charge on any atom is 0.167 e. The second kappa shape index (κ2) is 4.21. The first kappa shape index (κ1) is 11.7. The van der Waals surface area contributed by atoms with Gasteiger partial charge in [0.15, 0.2) is 11.6 Å². The SMILES string of the molecule is CC(=O)c1c(N)nn(-c2ccc(Br)cc2)c1N. The molecular weight excluding hydrogens is 284 g/mol. The first-order valence-electron chi connectivity index (χ1n) is 4.91. The third kappa shape index (κ3) is 2.03. The first-order valence-corrected chi connectivity index (χ1v) is 5.71. The van der Waals surface area contributed by atoms with E-state index in [0.29, 0.717) is 0 Å². The summed E-state index contributed by atoms with van der Waals surface area (Å²) < 4.78 is 2.41. The molecule has 0 amide bonds. The van der Waals surface area contributed by atoms with E-state index in [9.17, 15) is 4.79 Å². The molecule has 1 heterocycles. The van der Waals surface area contributed by atoms with E-state index in [1.165, 1.54) is 11.6 Å². The minimum absolute atomic E-state index is 0.151. The molecule has 1 aromatic heterocycles. The lowest BCUT2D eigenvalue weighted by Crippen LogP contribution is -2.04. The summed E-state index contributed by atoms with van der Waals surface area (Å²) in [7, 11) is 0. The Kier molecular flexibility index (Phi) is 2.89. The summed E-state index contributed by atoms with van der Waals surface area (Å²) in [6, 6.07) is 7.38.